The van der Waals surface area contributed by atoms with Crippen molar-refractivity contribution < 1.29 is 4.92 Å². The van der Waals surface area contributed by atoms with Crippen LogP contribution in [0, 0.1) is 10.1 Å². The quantitative estimate of drug-likeness (QED) is 0.471. The van der Waals surface area contributed by atoms with Crippen molar-refractivity contribution in [3.05, 3.63) is 49.9 Å². The van der Waals surface area contributed by atoms with Crippen molar-refractivity contribution in [1.82, 2.24) is 4.57 Å². The Bertz CT molecular complexity index is 439. The van der Waals surface area contributed by atoms with E-state index >= 15 is 0 Å². The summed E-state index contributed by atoms with van der Waals surface area (Å²) in [7, 11) is 0. The van der Waals surface area contributed by atoms with Gasteiger partial charge in [-0.05, 0) is 15.9 Å². The molecule has 1 heterocycles. The Labute approximate surface area is 87.9 Å². The van der Waals surface area contributed by atoms with Gasteiger partial charge in [-0.15, -0.1) is 6.58 Å². The summed E-state index contributed by atoms with van der Waals surface area (Å²) in [5, 5.41) is 10.5. The number of hydrogen-bond acceptors (Lipinski definition) is 3. The Kier molecular flexibility index (Phi) is 3.19. The number of halogens is 1. The fraction of sp³-hybridized carbons (Fsp3) is 0.125. The van der Waals surface area contributed by atoms with E-state index in [1.807, 2.05) is 0 Å². The zero-order valence-electron chi connectivity index (χ0n) is 7.14. The maximum atomic E-state index is 11.4. The van der Waals surface area contributed by atoms with Crippen molar-refractivity contribution in [1.29, 1.82) is 0 Å². The lowest BCUT2D eigenvalue weighted by Crippen LogP contribution is -2.21. The third kappa shape index (κ3) is 2.08. The van der Waals surface area contributed by atoms with Crippen LogP contribution < -0.4 is 5.56 Å². The third-order valence-corrected chi connectivity index (χ3v) is 1.99. The van der Waals surface area contributed by atoms with Crippen molar-refractivity contribution >= 4 is 21.6 Å². The normalized spacial score (nSPS) is 9.79. The summed E-state index contributed by atoms with van der Waals surface area (Å²) in [5.41, 5.74) is -1.07. The topological polar surface area (TPSA) is 65.1 Å². The Morgan fingerprint density at radius 2 is 2.36 bits per heavy atom. The van der Waals surface area contributed by atoms with Gasteiger partial charge in [0.05, 0.1) is 4.92 Å². The molecule has 5 nitrogen and oxygen atoms in total. The number of hydrogen-bond donors (Lipinski definition) is 0. The first-order chi connectivity index (χ1) is 6.56. The lowest BCUT2D eigenvalue weighted by Gasteiger charge is -2.01. The standard InChI is InChI=1S/C8H7BrN2O3/c1-2-3-10-5-6(9)4-7(8(10)12)11(13)14/h2,4-5H,1,3H2. The summed E-state index contributed by atoms with van der Waals surface area (Å²) in [6, 6.07) is 1.18. The lowest BCUT2D eigenvalue weighted by molar-refractivity contribution is -0.386. The van der Waals surface area contributed by atoms with E-state index in [9.17, 15) is 14.9 Å². The third-order valence-electron chi connectivity index (χ3n) is 1.56. The van der Waals surface area contributed by atoms with Crippen LogP contribution in [0.25, 0.3) is 0 Å². The van der Waals surface area contributed by atoms with Gasteiger partial charge in [0, 0.05) is 23.3 Å². The molecule has 0 fully saturated rings. The first-order valence-corrected chi connectivity index (χ1v) is 4.51. The molecule has 6 heteroatoms. The van der Waals surface area contributed by atoms with E-state index in [4.69, 9.17) is 0 Å². The van der Waals surface area contributed by atoms with Crippen LogP contribution in [0.4, 0.5) is 5.69 Å². The molecule has 1 rings (SSSR count). The van der Waals surface area contributed by atoms with Gasteiger partial charge in [-0.2, -0.15) is 0 Å². The van der Waals surface area contributed by atoms with Crippen molar-refractivity contribution in [2.24, 2.45) is 0 Å². The van der Waals surface area contributed by atoms with Crippen LogP contribution in [0.5, 0.6) is 0 Å². The number of rotatable bonds is 3. The first-order valence-electron chi connectivity index (χ1n) is 3.71. The van der Waals surface area contributed by atoms with Crippen LogP contribution in [-0.4, -0.2) is 9.49 Å². The average Bonchev–Trinajstić information content (AvgIpc) is 2.10. The molecule has 0 amide bonds. The van der Waals surface area contributed by atoms with Crippen molar-refractivity contribution in [3.8, 4) is 0 Å². The molecule has 0 saturated carbocycles. The summed E-state index contributed by atoms with van der Waals surface area (Å²) in [4.78, 5) is 21.2. The fourth-order valence-corrected chi connectivity index (χ4v) is 1.45. The Hall–Kier alpha value is -1.43. The van der Waals surface area contributed by atoms with Gasteiger partial charge in [0.1, 0.15) is 0 Å². The van der Waals surface area contributed by atoms with Gasteiger partial charge in [0.2, 0.25) is 0 Å². The molecule has 0 saturated heterocycles. The highest BCUT2D eigenvalue weighted by Gasteiger charge is 2.14. The molecule has 14 heavy (non-hydrogen) atoms. The summed E-state index contributed by atoms with van der Waals surface area (Å²) in [6.45, 7) is 3.71. The second-order valence-electron chi connectivity index (χ2n) is 2.55. The second kappa shape index (κ2) is 4.19. The van der Waals surface area contributed by atoms with E-state index in [2.05, 4.69) is 22.5 Å². The van der Waals surface area contributed by atoms with Crippen LogP contribution in [-0.2, 0) is 6.54 Å². The summed E-state index contributed by atoms with van der Waals surface area (Å²) in [6.07, 6.45) is 2.98. The minimum absolute atomic E-state index is 0.249. The van der Waals surface area contributed by atoms with Gasteiger partial charge >= 0.3 is 11.2 Å². The highest BCUT2D eigenvalue weighted by atomic mass is 79.9. The molecule has 74 valence electrons. The van der Waals surface area contributed by atoms with E-state index in [-0.39, 0.29) is 6.54 Å². The van der Waals surface area contributed by atoms with E-state index in [0.717, 1.165) is 0 Å². The van der Waals surface area contributed by atoms with E-state index in [1.165, 1.54) is 22.9 Å². The van der Waals surface area contributed by atoms with Crippen molar-refractivity contribution in [2.75, 3.05) is 0 Å². The molecule has 0 unspecified atom stereocenters. The summed E-state index contributed by atoms with van der Waals surface area (Å²) < 4.78 is 1.71. The minimum atomic E-state index is -0.702. The highest BCUT2D eigenvalue weighted by molar-refractivity contribution is 9.10. The molecular weight excluding hydrogens is 252 g/mol. The molecule has 1 aromatic heterocycles. The van der Waals surface area contributed by atoms with Crippen LogP contribution in [0.3, 0.4) is 0 Å². The van der Waals surface area contributed by atoms with Gasteiger partial charge < -0.3 is 4.57 Å². The number of allylic oxidation sites excluding steroid dienone is 1. The summed E-state index contributed by atoms with van der Waals surface area (Å²) >= 11 is 3.09. The molecule has 0 aliphatic rings. The molecular formula is C8H7BrN2O3. The number of nitro groups is 1. The zero-order chi connectivity index (χ0) is 10.7. The largest absolute Gasteiger partial charge is 0.335 e. The van der Waals surface area contributed by atoms with Crippen LogP contribution >= 0.6 is 15.9 Å². The molecule has 0 aliphatic carbocycles. The minimum Gasteiger partial charge on any atom is -0.305 e. The van der Waals surface area contributed by atoms with Gasteiger partial charge in [-0.25, -0.2) is 0 Å². The molecule has 0 N–H and O–H groups in total. The van der Waals surface area contributed by atoms with Crippen LogP contribution in [0.2, 0.25) is 0 Å². The van der Waals surface area contributed by atoms with Crippen LogP contribution in [0.15, 0.2) is 34.2 Å². The van der Waals surface area contributed by atoms with E-state index in [1.54, 1.807) is 0 Å². The number of nitrogens with zero attached hydrogens (tertiary/aromatic N) is 2. The van der Waals surface area contributed by atoms with Gasteiger partial charge in [0.15, 0.2) is 0 Å². The molecule has 0 aliphatic heterocycles. The SMILES string of the molecule is C=CCn1cc(Br)cc([N+](=O)[O-])c1=O. The van der Waals surface area contributed by atoms with Gasteiger partial charge in [-0.3, -0.25) is 14.9 Å². The molecule has 0 atom stereocenters. The molecule has 0 aromatic carbocycles. The molecule has 0 bridgehead atoms. The van der Waals surface area contributed by atoms with E-state index < -0.39 is 16.2 Å². The highest BCUT2D eigenvalue weighted by Crippen LogP contribution is 2.13. The van der Waals surface area contributed by atoms with Crippen molar-refractivity contribution in [3.63, 3.8) is 0 Å². The zero-order valence-corrected chi connectivity index (χ0v) is 8.73. The summed E-state index contributed by atoms with van der Waals surface area (Å²) in [5.74, 6) is 0. The Morgan fingerprint density at radius 3 is 2.86 bits per heavy atom. The Balaban J connectivity index is 3.39. The Morgan fingerprint density at radius 1 is 1.71 bits per heavy atom. The average molecular weight is 259 g/mol. The predicted octanol–water partition coefficient (Wildman–Crippen LogP) is 1.70. The maximum Gasteiger partial charge on any atom is 0.335 e. The first kappa shape index (κ1) is 10.6. The molecule has 0 spiro atoms. The monoisotopic (exact) mass is 258 g/mol. The smallest absolute Gasteiger partial charge is 0.305 e. The number of pyridine rings is 1. The fourth-order valence-electron chi connectivity index (χ4n) is 0.990. The molecule has 0 radical (unpaired) electrons. The lowest BCUT2D eigenvalue weighted by atomic mass is 10.4. The number of aromatic nitrogens is 1. The van der Waals surface area contributed by atoms with Crippen LogP contribution in [0.1, 0.15) is 0 Å². The van der Waals surface area contributed by atoms with Gasteiger partial charge in [0.25, 0.3) is 0 Å². The van der Waals surface area contributed by atoms with Crippen molar-refractivity contribution in [2.45, 2.75) is 6.54 Å². The predicted molar refractivity (Wildman–Crippen MR) is 55.3 cm³/mol. The second-order valence-corrected chi connectivity index (χ2v) is 3.46. The maximum absolute atomic E-state index is 11.4. The molecule has 1 aromatic rings. The van der Waals surface area contributed by atoms with Gasteiger partial charge in [-0.1, -0.05) is 6.08 Å². The van der Waals surface area contributed by atoms with E-state index in [0.29, 0.717) is 4.47 Å².